The summed E-state index contributed by atoms with van der Waals surface area (Å²) in [5.74, 6) is -0.247. The van der Waals surface area contributed by atoms with Crippen LogP contribution in [0.5, 0.6) is 0 Å². The Morgan fingerprint density at radius 1 is 1.06 bits per heavy atom. The molecule has 0 bridgehead atoms. The van der Waals surface area contributed by atoms with Gasteiger partial charge in [-0.05, 0) is 54.4 Å². The van der Waals surface area contributed by atoms with Gasteiger partial charge >= 0.3 is 6.18 Å². The number of anilines is 1. The SMILES string of the molecule is Cc1cc(C(=O)c2cc(-c3ccncc3)c(N3CCC(=O)CC3)s2)cc(C(F)(F)F)c1. The molecule has 0 spiro atoms. The summed E-state index contributed by atoms with van der Waals surface area (Å²) in [5, 5.41) is 0.839. The second kappa shape index (κ2) is 8.26. The highest BCUT2D eigenvalue weighted by Gasteiger charge is 2.32. The number of ketones is 2. The fourth-order valence-electron chi connectivity index (χ4n) is 3.65. The van der Waals surface area contributed by atoms with Crippen molar-refractivity contribution < 1.29 is 22.8 Å². The highest BCUT2D eigenvalue weighted by Crippen LogP contribution is 2.41. The van der Waals surface area contributed by atoms with Gasteiger partial charge in [-0.3, -0.25) is 14.6 Å². The molecule has 4 nitrogen and oxygen atoms in total. The van der Waals surface area contributed by atoms with E-state index in [0.29, 0.717) is 36.4 Å². The molecule has 3 aromatic rings. The van der Waals surface area contributed by atoms with Crippen molar-refractivity contribution in [3.63, 3.8) is 0 Å². The topological polar surface area (TPSA) is 50.3 Å². The molecule has 0 unspecified atom stereocenters. The number of benzene rings is 1. The number of hydrogen-bond donors (Lipinski definition) is 0. The number of nitrogens with zero attached hydrogens (tertiary/aromatic N) is 2. The Morgan fingerprint density at radius 3 is 2.39 bits per heavy atom. The van der Waals surface area contributed by atoms with Crippen LogP contribution >= 0.6 is 11.3 Å². The van der Waals surface area contributed by atoms with Crippen molar-refractivity contribution in [3.05, 3.63) is 70.4 Å². The van der Waals surface area contributed by atoms with Crippen LogP contribution in [0, 0.1) is 6.92 Å². The zero-order valence-corrected chi connectivity index (χ0v) is 17.5. The molecule has 0 saturated carbocycles. The number of rotatable bonds is 4. The second-order valence-electron chi connectivity index (χ2n) is 7.51. The van der Waals surface area contributed by atoms with Crippen molar-refractivity contribution in [1.82, 2.24) is 4.98 Å². The first-order chi connectivity index (χ1) is 14.7. The van der Waals surface area contributed by atoms with E-state index in [-0.39, 0.29) is 11.3 Å². The first-order valence-electron chi connectivity index (χ1n) is 9.77. The van der Waals surface area contributed by atoms with Gasteiger partial charge in [0.1, 0.15) is 5.78 Å². The number of hydrogen-bond acceptors (Lipinski definition) is 5. The van der Waals surface area contributed by atoms with E-state index < -0.39 is 17.5 Å². The molecule has 4 rings (SSSR count). The molecular weight excluding hydrogens is 425 g/mol. The van der Waals surface area contributed by atoms with Gasteiger partial charge in [-0.15, -0.1) is 11.3 Å². The number of pyridine rings is 1. The molecule has 3 heterocycles. The van der Waals surface area contributed by atoms with Crippen LogP contribution < -0.4 is 4.90 Å². The van der Waals surface area contributed by atoms with Gasteiger partial charge in [-0.2, -0.15) is 13.2 Å². The van der Waals surface area contributed by atoms with Crippen LogP contribution in [-0.2, 0) is 11.0 Å². The quantitative estimate of drug-likeness (QED) is 0.496. The van der Waals surface area contributed by atoms with Gasteiger partial charge in [-0.1, -0.05) is 0 Å². The summed E-state index contributed by atoms with van der Waals surface area (Å²) in [6, 6.07) is 8.78. The average Bonchev–Trinajstić information content (AvgIpc) is 3.19. The molecule has 1 aromatic carbocycles. The lowest BCUT2D eigenvalue weighted by Crippen LogP contribution is -2.33. The average molecular weight is 444 g/mol. The Kier molecular flexibility index (Phi) is 5.66. The predicted octanol–water partition coefficient (Wildman–Crippen LogP) is 5.54. The summed E-state index contributed by atoms with van der Waals surface area (Å²) in [5.41, 5.74) is 1.22. The summed E-state index contributed by atoms with van der Waals surface area (Å²) >= 11 is 1.25. The third-order valence-corrected chi connectivity index (χ3v) is 6.40. The normalized spacial score (nSPS) is 14.7. The Bertz CT molecular complexity index is 1130. The number of aromatic nitrogens is 1. The van der Waals surface area contributed by atoms with E-state index in [9.17, 15) is 22.8 Å². The molecule has 0 N–H and O–H groups in total. The van der Waals surface area contributed by atoms with Gasteiger partial charge in [0.2, 0.25) is 5.78 Å². The number of alkyl halides is 3. The van der Waals surface area contributed by atoms with Gasteiger partial charge in [0.25, 0.3) is 0 Å². The largest absolute Gasteiger partial charge is 0.416 e. The third kappa shape index (κ3) is 4.54. The number of aryl methyl sites for hydroxylation is 1. The molecule has 1 aliphatic rings. The molecule has 0 aliphatic carbocycles. The standard InChI is InChI=1S/C23H19F3N2O2S/c1-14-10-16(12-17(11-14)23(24,25)26)21(30)20-13-19(15-2-6-27-7-3-15)22(31-20)28-8-4-18(29)5-9-28/h2-3,6-7,10-13H,4-5,8-9H2,1H3. The Labute approximate surface area is 181 Å². The first-order valence-corrected chi connectivity index (χ1v) is 10.6. The number of carbonyl (C=O) groups is 2. The van der Waals surface area contributed by atoms with Crippen LogP contribution in [0.4, 0.5) is 18.2 Å². The summed E-state index contributed by atoms with van der Waals surface area (Å²) < 4.78 is 39.7. The summed E-state index contributed by atoms with van der Waals surface area (Å²) in [7, 11) is 0. The van der Waals surface area contributed by atoms with Crippen LogP contribution in [0.3, 0.4) is 0 Å². The summed E-state index contributed by atoms with van der Waals surface area (Å²) in [4.78, 5) is 31.3. The van der Waals surface area contributed by atoms with Crippen LogP contribution in [0.1, 0.15) is 39.2 Å². The van der Waals surface area contributed by atoms with Gasteiger partial charge in [0.15, 0.2) is 0 Å². The van der Waals surface area contributed by atoms with Crippen LogP contribution in [-0.4, -0.2) is 29.6 Å². The Hall–Kier alpha value is -3.00. The molecule has 1 aliphatic heterocycles. The third-order valence-electron chi connectivity index (χ3n) is 5.20. The lowest BCUT2D eigenvalue weighted by atomic mass is 10.0. The first kappa shape index (κ1) is 21.2. The van der Waals surface area contributed by atoms with Gasteiger partial charge in [0.05, 0.1) is 15.4 Å². The van der Waals surface area contributed by atoms with Crippen molar-refractivity contribution in [1.29, 1.82) is 0 Å². The van der Waals surface area contributed by atoms with Crippen molar-refractivity contribution in [2.24, 2.45) is 0 Å². The molecular formula is C23H19F3N2O2S. The van der Waals surface area contributed by atoms with Crippen molar-refractivity contribution in [2.75, 3.05) is 18.0 Å². The smallest absolute Gasteiger partial charge is 0.362 e. The lowest BCUT2D eigenvalue weighted by molar-refractivity contribution is -0.137. The highest BCUT2D eigenvalue weighted by molar-refractivity contribution is 7.18. The molecule has 1 fully saturated rings. The van der Waals surface area contributed by atoms with E-state index in [1.54, 1.807) is 25.4 Å². The molecule has 2 aromatic heterocycles. The lowest BCUT2D eigenvalue weighted by Gasteiger charge is -2.27. The maximum Gasteiger partial charge on any atom is 0.416 e. The van der Waals surface area contributed by atoms with Gasteiger partial charge < -0.3 is 4.90 Å². The van der Waals surface area contributed by atoms with Gasteiger partial charge in [0, 0.05) is 49.5 Å². The number of carbonyl (C=O) groups excluding carboxylic acids is 2. The number of halogens is 3. The van der Waals surface area contributed by atoms with E-state index in [0.717, 1.165) is 28.3 Å². The van der Waals surface area contributed by atoms with E-state index in [1.807, 2.05) is 12.1 Å². The number of piperidine rings is 1. The van der Waals surface area contributed by atoms with E-state index in [1.165, 1.54) is 17.4 Å². The second-order valence-corrected chi connectivity index (χ2v) is 8.54. The van der Waals surface area contributed by atoms with E-state index in [4.69, 9.17) is 0 Å². The number of Topliss-reactive ketones (excluding diaryl/α,β-unsaturated/α-hetero) is 1. The Morgan fingerprint density at radius 2 is 1.74 bits per heavy atom. The zero-order chi connectivity index (χ0) is 22.2. The molecule has 8 heteroatoms. The summed E-state index contributed by atoms with van der Waals surface area (Å²) in [6.45, 7) is 2.64. The number of thiophene rings is 1. The van der Waals surface area contributed by atoms with Crippen LogP contribution in [0.15, 0.2) is 48.8 Å². The molecule has 0 atom stereocenters. The fourth-order valence-corrected chi connectivity index (χ4v) is 4.84. The molecule has 31 heavy (non-hydrogen) atoms. The maximum atomic E-state index is 13.2. The highest BCUT2D eigenvalue weighted by atomic mass is 32.1. The molecule has 1 saturated heterocycles. The van der Waals surface area contributed by atoms with Crippen LogP contribution in [0.25, 0.3) is 11.1 Å². The molecule has 0 radical (unpaired) electrons. The monoisotopic (exact) mass is 444 g/mol. The van der Waals surface area contributed by atoms with Gasteiger partial charge in [-0.25, -0.2) is 0 Å². The predicted molar refractivity (Wildman–Crippen MR) is 114 cm³/mol. The minimum absolute atomic E-state index is 0.00947. The van der Waals surface area contributed by atoms with Crippen LogP contribution in [0.2, 0.25) is 0 Å². The maximum absolute atomic E-state index is 13.2. The zero-order valence-electron chi connectivity index (χ0n) is 16.7. The molecule has 160 valence electrons. The van der Waals surface area contributed by atoms with E-state index in [2.05, 4.69) is 9.88 Å². The summed E-state index contributed by atoms with van der Waals surface area (Å²) in [6.07, 6.45) is -0.361. The van der Waals surface area contributed by atoms with Crippen molar-refractivity contribution in [2.45, 2.75) is 25.9 Å². The molecule has 0 amide bonds. The Balaban J connectivity index is 1.76. The van der Waals surface area contributed by atoms with E-state index >= 15 is 0 Å². The van der Waals surface area contributed by atoms with Crippen molar-refractivity contribution >= 4 is 27.9 Å². The van der Waals surface area contributed by atoms with Crippen molar-refractivity contribution in [3.8, 4) is 11.1 Å². The minimum Gasteiger partial charge on any atom is -0.362 e. The fraction of sp³-hybridized carbons (Fsp3) is 0.261. The minimum atomic E-state index is -4.52.